The van der Waals surface area contributed by atoms with E-state index in [1.54, 1.807) is 25.3 Å². The van der Waals surface area contributed by atoms with Crippen molar-refractivity contribution >= 4 is 11.8 Å². The third-order valence-corrected chi connectivity index (χ3v) is 9.54. The Balaban J connectivity index is 1.21. The minimum atomic E-state index is -0.668. The highest BCUT2D eigenvalue weighted by atomic mass is 19.1. The van der Waals surface area contributed by atoms with Gasteiger partial charge in [-0.3, -0.25) is 9.59 Å². The zero-order chi connectivity index (χ0) is 30.7. The number of amides is 2. The van der Waals surface area contributed by atoms with Gasteiger partial charge < -0.3 is 20.3 Å². The van der Waals surface area contributed by atoms with Crippen LogP contribution in [0.15, 0.2) is 79.1 Å². The maximum absolute atomic E-state index is 14.0. The van der Waals surface area contributed by atoms with Gasteiger partial charge in [0.1, 0.15) is 17.9 Å². The monoisotopic (exact) mass is 597 g/mol. The summed E-state index contributed by atoms with van der Waals surface area (Å²) in [6.45, 7) is 3.29. The molecule has 1 unspecified atom stereocenters. The Kier molecular flexibility index (Phi) is 8.13. The fourth-order valence-electron chi connectivity index (χ4n) is 6.85. The van der Waals surface area contributed by atoms with E-state index in [1.165, 1.54) is 23.1 Å². The molecule has 0 spiro atoms. The second-order valence-corrected chi connectivity index (χ2v) is 11.8. The molecule has 1 aromatic heterocycles. The van der Waals surface area contributed by atoms with Crippen LogP contribution in [0.3, 0.4) is 0 Å². The number of rotatable bonds is 9. The van der Waals surface area contributed by atoms with Crippen LogP contribution in [-0.4, -0.2) is 81.7 Å². The number of carbonyl (C=O) groups is 2. The van der Waals surface area contributed by atoms with E-state index < -0.39 is 5.41 Å². The molecule has 3 heterocycles. The first-order chi connectivity index (χ1) is 21.3. The van der Waals surface area contributed by atoms with Gasteiger partial charge in [0.25, 0.3) is 5.91 Å². The molecule has 0 bridgehead atoms. The molecule has 2 N–H and O–H groups in total. The fraction of sp³-hybridized carbons (Fsp3) is 0.364. The number of methoxy groups -OCH3 is 1. The van der Waals surface area contributed by atoms with E-state index in [0.29, 0.717) is 42.9 Å². The molecule has 11 heteroatoms. The van der Waals surface area contributed by atoms with E-state index in [0.717, 1.165) is 43.6 Å². The number of nitrogens with zero attached hydrogens (tertiary/aromatic N) is 6. The molecule has 2 fully saturated rings. The number of carbonyl (C=O) groups excluding carboxylic acids is 2. The SMILES string of the molecule is COc1ccc(-n2cnnn2)cc1C(=O)N1CCC(CCN2CCC(C(N)=O)(c3ccccc3)CC2)(c2ccc(F)cc2)C1. The summed E-state index contributed by atoms with van der Waals surface area (Å²) in [5.41, 5.74) is 8.00. The van der Waals surface area contributed by atoms with Crippen molar-refractivity contribution in [3.63, 3.8) is 0 Å². The average Bonchev–Trinajstić information content (AvgIpc) is 3.76. The van der Waals surface area contributed by atoms with Gasteiger partial charge in [-0.25, -0.2) is 9.07 Å². The van der Waals surface area contributed by atoms with Crippen molar-refractivity contribution in [1.82, 2.24) is 30.0 Å². The van der Waals surface area contributed by atoms with Crippen molar-refractivity contribution in [3.8, 4) is 11.4 Å². The molecule has 0 aliphatic carbocycles. The van der Waals surface area contributed by atoms with Crippen LogP contribution in [0.4, 0.5) is 4.39 Å². The van der Waals surface area contributed by atoms with Crippen molar-refractivity contribution < 1.29 is 18.7 Å². The smallest absolute Gasteiger partial charge is 0.257 e. The Morgan fingerprint density at radius 3 is 2.36 bits per heavy atom. The number of aromatic nitrogens is 4. The quantitative estimate of drug-likeness (QED) is 0.314. The van der Waals surface area contributed by atoms with Crippen molar-refractivity contribution in [2.24, 2.45) is 5.73 Å². The lowest BCUT2D eigenvalue weighted by Crippen LogP contribution is -2.50. The number of likely N-dealkylation sites (tertiary alicyclic amines) is 2. The standard InChI is InChI=1S/C33H36FN7O3/c1-44-29-12-11-27(41-23-36-37-38-41)21-28(29)30(42)40-20-14-32(22-40,24-7-9-26(34)10-8-24)13-17-39-18-15-33(16-19-39,31(35)43)25-5-3-2-4-6-25/h2-12,21,23H,13-20,22H2,1H3,(H2,35,43). The van der Waals surface area contributed by atoms with Gasteiger partial charge in [-0.05, 0) is 97.2 Å². The molecule has 1 atom stereocenters. The van der Waals surface area contributed by atoms with Crippen LogP contribution in [0.25, 0.3) is 5.69 Å². The number of primary amides is 1. The molecule has 4 aromatic rings. The third-order valence-electron chi connectivity index (χ3n) is 9.54. The van der Waals surface area contributed by atoms with E-state index in [9.17, 15) is 14.0 Å². The number of hydrogen-bond acceptors (Lipinski definition) is 7. The predicted molar refractivity (Wildman–Crippen MR) is 162 cm³/mol. The normalized spacial score (nSPS) is 20.0. The molecule has 0 saturated carbocycles. The maximum Gasteiger partial charge on any atom is 0.257 e. The summed E-state index contributed by atoms with van der Waals surface area (Å²) in [7, 11) is 1.54. The maximum atomic E-state index is 14.0. The predicted octanol–water partition coefficient (Wildman–Crippen LogP) is 3.50. The molecule has 2 saturated heterocycles. The lowest BCUT2D eigenvalue weighted by Gasteiger charge is -2.41. The fourth-order valence-corrected chi connectivity index (χ4v) is 6.85. The van der Waals surface area contributed by atoms with E-state index >= 15 is 0 Å². The zero-order valence-electron chi connectivity index (χ0n) is 24.7. The van der Waals surface area contributed by atoms with Crippen molar-refractivity contribution in [2.45, 2.75) is 36.5 Å². The van der Waals surface area contributed by atoms with Gasteiger partial charge in [0.05, 0.1) is 23.8 Å². The highest BCUT2D eigenvalue weighted by molar-refractivity contribution is 5.98. The van der Waals surface area contributed by atoms with Crippen LogP contribution in [0.5, 0.6) is 5.75 Å². The molecule has 2 aliphatic heterocycles. The van der Waals surface area contributed by atoms with E-state index in [-0.39, 0.29) is 23.0 Å². The molecule has 44 heavy (non-hydrogen) atoms. The summed E-state index contributed by atoms with van der Waals surface area (Å²) in [4.78, 5) is 30.9. The first-order valence-electron chi connectivity index (χ1n) is 14.9. The minimum Gasteiger partial charge on any atom is -0.496 e. The Morgan fingerprint density at radius 1 is 0.955 bits per heavy atom. The Morgan fingerprint density at radius 2 is 1.70 bits per heavy atom. The number of nitrogens with two attached hydrogens (primary N) is 1. The van der Waals surface area contributed by atoms with Crippen LogP contribution in [-0.2, 0) is 15.6 Å². The number of halogens is 1. The molecule has 3 aromatic carbocycles. The highest BCUT2D eigenvalue weighted by Crippen LogP contribution is 2.41. The lowest BCUT2D eigenvalue weighted by molar-refractivity contribution is -0.125. The molecular weight excluding hydrogens is 561 g/mol. The van der Waals surface area contributed by atoms with Gasteiger partial charge in [0, 0.05) is 18.5 Å². The summed E-state index contributed by atoms with van der Waals surface area (Å²) in [6, 6.07) is 21.7. The largest absolute Gasteiger partial charge is 0.496 e. The number of tetrazole rings is 1. The van der Waals surface area contributed by atoms with Gasteiger partial charge in [-0.2, -0.15) is 0 Å². The summed E-state index contributed by atoms with van der Waals surface area (Å²) in [5, 5.41) is 11.3. The van der Waals surface area contributed by atoms with E-state index in [1.807, 2.05) is 47.4 Å². The summed E-state index contributed by atoms with van der Waals surface area (Å²) in [5.74, 6) is -0.252. The topological polar surface area (TPSA) is 119 Å². The summed E-state index contributed by atoms with van der Waals surface area (Å²) < 4.78 is 21.0. The molecule has 10 nitrogen and oxygen atoms in total. The Bertz CT molecular complexity index is 1610. The molecule has 0 radical (unpaired) electrons. The van der Waals surface area contributed by atoms with Gasteiger partial charge in [0.2, 0.25) is 5.91 Å². The van der Waals surface area contributed by atoms with Crippen molar-refractivity contribution in [3.05, 3.63) is 102 Å². The van der Waals surface area contributed by atoms with Gasteiger partial charge in [-0.15, -0.1) is 5.10 Å². The van der Waals surface area contributed by atoms with Gasteiger partial charge >= 0.3 is 0 Å². The van der Waals surface area contributed by atoms with Crippen LogP contribution in [0, 0.1) is 5.82 Å². The summed E-state index contributed by atoms with van der Waals surface area (Å²) in [6.07, 6.45) is 4.29. The number of piperidine rings is 1. The van der Waals surface area contributed by atoms with E-state index in [4.69, 9.17) is 10.5 Å². The molecular formula is C33H36FN7O3. The van der Waals surface area contributed by atoms with Crippen LogP contribution in [0.1, 0.15) is 47.2 Å². The molecule has 6 rings (SSSR count). The van der Waals surface area contributed by atoms with Crippen LogP contribution < -0.4 is 10.5 Å². The number of hydrogen-bond donors (Lipinski definition) is 1. The summed E-state index contributed by atoms with van der Waals surface area (Å²) >= 11 is 0. The van der Waals surface area contributed by atoms with E-state index in [2.05, 4.69) is 20.4 Å². The Hall–Kier alpha value is -4.64. The van der Waals surface area contributed by atoms with Crippen LogP contribution >= 0.6 is 0 Å². The van der Waals surface area contributed by atoms with Gasteiger partial charge in [0.15, 0.2) is 0 Å². The highest BCUT2D eigenvalue weighted by Gasteiger charge is 2.44. The molecule has 2 amide bonds. The number of benzene rings is 3. The molecule has 228 valence electrons. The van der Waals surface area contributed by atoms with Crippen LogP contribution in [0.2, 0.25) is 0 Å². The first kappa shape index (κ1) is 29.4. The third kappa shape index (κ3) is 5.55. The lowest BCUT2D eigenvalue weighted by atomic mass is 9.71. The average molecular weight is 598 g/mol. The first-order valence-corrected chi connectivity index (χ1v) is 14.9. The van der Waals surface area contributed by atoms with Crippen molar-refractivity contribution in [2.75, 3.05) is 39.8 Å². The van der Waals surface area contributed by atoms with Gasteiger partial charge in [-0.1, -0.05) is 42.5 Å². The zero-order valence-corrected chi connectivity index (χ0v) is 24.7. The van der Waals surface area contributed by atoms with Crippen molar-refractivity contribution in [1.29, 1.82) is 0 Å². The Labute approximate surface area is 255 Å². The minimum absolute atomic E-state index is 0.146. The second-order valence-electron chi connectivity index (χ2n) is 11.8. The number of ether oxygens (including phenoxy) is 1. The second kappa shape index (κ2) is 12.2. The molecule has 2 aliphatic rings.